The Kier molecular flexibility index (Phi) is 7.48. The number of anilines is 3. The predicted octanol–water partition coefficient (Wildman–Crippen LogP) is 15.2. The first kappa shape index (κ1) is 33.5. The fourth-order valence-corrected chi connectivity index (χ4v) is 9.91. The van der Waals surface area contributed by atoms with Gasteiger partial charge in [-0.15, -0.1) is 0 Å². The molecule has 2 nitrogen and oxygen atoms in total. The number of fused-ring (bicyclic) bond motifs is 12. The average molecular weight is 752 g/mol. The first-order chi connectivity index (χ1) is 29.3. The lowest BCUT2D eigenvalue weighted by Gasteiger charge is -2.35. The highest BCUT2D eigenvalue weighted by Gasteiger charge is 2.48. The van der Waals surface area contributed by atoms with Crippen molar-refractivity contribution in [1.82, 2.24) is 0 Å². The second kappa shape index (κ2) is 13.2. The first-order valence-corrected chi connectivity index (χ1v) is 20.3. The molecule has 2 aliphatic rings. The van der Waals surface area contributed by atoms with Crippen LogP contribution in [0.3, 0.4) is 0 Å². The molecule has 1 spiro atoms. The number of hydrogen-bond donors (Lipinski definition) is 0. The summed E-state index contributed by atoms with van der Waals surface area (Å²) in [5, 5.41) is 2.22. The van der Waals surface area contributed by atoms with Crippen molar-refractivity contribution in [3.63, 3.8) is 0 Å². The Morgan fingerprint density at radius 3 is 1.59 bits per heavy atom. The quantitative estimate of drug-likeness (QED) is 0.174. The van der Waals surface area contributed by atoms with Crippen LogP contribution >= 0.6 is 0 Å². The molecule has 1 heterocycles. The maximum absolute atomic E-state index is 6.62. The van der Waals surface area contributed by atoms with E-state index in [1.807, 2.05) is 12.1 Å². The first-order valence-electron chi connectivity index (χ1n) is 20.3. The molecule has 59 heavy (non-hydrogen) atoms. The van der Waals surface area contributed by atoms with Crippen LogP contribution in [0.1, 0.15) is 33.4 Å². The summed E-state index contributed by atoms with van der Waals surface area (Å²) in [6, 6.07) is 77.1. The van der Waals surface area contributed by atoms with Crippen LogP contribution in [0.4, 0.5) is 17.1 Å². The Balaban J connectivity index is 0.994. The Hall–Kier alpha value is -7.68. The summed E-state index contributed by atoms with van der Waals surface area (Å²) in [4.78, 5) is 2.32. The van der Waals surface area contributed by atoms with E-state index in [1.54, 1.807) is 0 Å². The van der Waals surface area contributed by atoms with Crippen LogP contribution in [0.5, 0.6) is 0 Å². The Bertz CT molecular complexity index is 3210. The molecule has 0 aliphatic heterocycles. The highest BCUT2D eigenvalue weighted by atomic mass is 16.3. The number of nitrogens with zero attached hydrogens (tertiary/aromatic N) is 1. The van der Waals surface area contributed by atoms with E-state index in [9.17, 15) is 0 Å². The summed E-state index contributed by atoms with van der Waals surface area (Å²) < 4.78 is 6.62. The minimum Gasteiger partial charge on any atom is -0.454 e. The number of benzene rings is 9. The maximum atomic E-state index is 6.62. The summed E-state index contributed by atoms with van der Waals surface area (Å²) in [7, 11) is 0. The van der Waals surface area contributed by atoms with Crippen molar-refractivity contribution in [3.05, 3.63) is 246 Å². The van der Waals surface area contributed by atoms with Crippen molar-refractivity contribution < 1.29 is 4.42 Å². The predicted molar refractivity (Wildman–Crippen MR) is 246 cm³/mol. The van der Waals surface area contributed by atoms with E-state index in [0.29, 0.717) is 0 Å². The summed E-state index contributed by atoms with van der Waals surface area (Å²) in [6.07, 6.45) is 4.57. The largest absolute Gasteiger partial charge is 0.454 e. The van der Waals surface area contributed by atoms with E-state index >= 15 is 0 Å². The van der Waals surface area contributed by atoms with Gasteiger partial charge in [-0.05, 0) is 109 Å². The molecule has 9 aromatic carbocycles. The van der Waals surface area contributed by atoms with Gasteiger partial charge in [0.15, 0.2) is 5.58 Å². The van der Waals surface area contributed by atoms with Crippen LogP contribution in [-0.4, -0.2) is 0 Å². The highest BCUT2D eigenvalue weighted by molar-refractivity contribution is 6.10. The van der Waals surface area contributed by atoms with Crippen LogP contribution in [-0.2, 0) is 5.41 Å². The number of hydrogen-bond acceptors (Lipinski definition) is 2. The minimum atomic E-state index is -0.431. The summed E-state index contributed by atoms with van der Waals surface area (Å²) in [5.74, 6) is 0. The lowest BCUT2D eigenvalue weighted by Crippen LogP contribution is -2.29. The summed E-state index contributed by atoms with van der Waals surface area (Å²) in [6.45, 7) is 0. The molecule has 0 atom stereocenters. The smallest absolute Gasteiger partial charge is 0.159 e. The summed E-state index contributed by atoms with van der Waals surface area (Å²) in [5.41, 5.74) is 19.5. The van der Waals surface area contributed by atoms with Crippen molar-refractivity contribution >= 4 is 51.2 Å². The van der Waals surface area contributed by atoms with Crippen molar-refractivity contribution in [3.8, 4) is 33.4 Å². The molecule has 2 aliphatic carbocycles. The molecule has 0 amide bonds. The molecule has 0 saturated carbocycles. The van der Waals surface area contributed by atoms with Gasteiger partial charge in [0.25, 0.3) is 0 Å². The zero-order valence-electron chi connectivity index (χ0n) is 32.2. The molecular weight excluding hydrogens is 715 g/mol. The second-order valence-electron chi connectivity index (χ2n) is 15.6. The van der Waals surface area contributed by atoms with Gasteiger partial charge in [0, 0.05) is 22.1 Å². The van der Waals surface area contributed by atoms with Gasteiger partial charge in [0.1, 0.15) is 5.58 Å². The molecule has 0 unspecified atom stereocenters. The third kappa shape index (κ3) is 5.06. The zero-order valence-corrected chi connectivity index (χ0v) is 32.2. The molecule has 12 rings (SSSR count). The minimum absolute atomic E-state index is 0.431. The molecule has 0 radical (unpaired) electrons. The molecule has 0 N–H and O–H groups in total. The van der Waals surface area contributed by atoms with Gasteiger partial charge >= 0.3 is 0 Å². The topological polar surface area (TPSA) is 16.4 Å². The van der Waals surface area contributed by atoms with Crippen LogP contribution in [0.2, 0.25) is 0 Å². The second-order valence-corrected chi connectivity index (χ2v) is 15.6. The molecule has 276 valence electrons. The highest BCUT2D eigenvalue weighted by Crippen LogP contribution is 2.59. The van der Waals surface area contributed by atoms with Crippen LogP contribution in [0.25, 0.3) is 67.5 Å². The van der Waals surface area contributed by atoms with Crippen molar-refractivity contribution in [1.29, 1.82) is 0 Å². The lowest BCUT2D eigenvalue weighted by atomic mass is 9.66. The van der Waals surface area contributed by atoms with E-state index in [4.69, 9.17) is 4.42 Å². The van der Waals surface area contributed by atoms with E-state index in [2.05, 4.69) is 217 Å². The van der Waals surface area contributed by atoms with Gasteiger partial charge in [0.2, 0.25) is 0 Å². The normalized spacial score (nSPS) is 13.2. The van der Waals surface area contributed by atoms with Crippen LogP contribution in [0.15, 0.2) is 217 Å². The van der Waals surface area contributed by atoms with Gasteiger partial charge in [0.05, 0.1) is 11.1 Å². The van der Waals surface area contributed by atoms with E-state index < -0.39 is 5.41 Å². The van der Waals surface area contributed by atoms with Gasteiger partial charge in [-0.3, -0.25) is 0 Å². The summed E-state index contributed by atoms with van der Waals surface area (Å²) >= 11 is 0. The maximum Gasteiger partial charge on any atom is 0.159 e. The third-order valence-corrected chi connectivity index (χ3v) is 12.5. The Labute approximate surface area is 343 Å². The molecule has 0 fully saturated rings. The van der Waals surface area contributed by atoms with Gasteiger partial charge in [-0.1, -0.05) is 182 Å². The van der Waals surface area contributed by atoms with Crippen molar-refractivity contribution in [2.75, 3.05) is 4.90 Å². The third-order valence-electron chi connectivity index (χ3n) is 12.5. The van der Waals surface area contributed by atoms with E-state index in [1.165, 1.54) is 66.8 Å². The molecule has 0 bridgehead atoms. The number of rotatable bonds is 5. The molecule has 10 aromatic rings. The Morgan fingerprint density at radius 2 is 0.881 bits per heavy atom. The van der Waals surface area contributed by atoms with E-state index in [-0.39, 0.29) is 0 Å². The Morgan fingerprint density at radius 1 is 0.356 bits per heavy atom. The SMILES string of the molecule is C1=Cc2ccccc2C2(c3ccccc31)c1ccccc1-c1cc(-c3ccc(N(c4ccc(-c5ccccc5)cc4)c4cccc5c4oc4ccccc45)cc3)ccc12. The zero-order chi connectivity index (χ0) is 38.9. The number of para-hydroxylation sites is 2. The molecule has 1 aromatic heterocycles. The number of furan rings is 1. The van der Waals surface area contributed by atoms with Gasteiger partial charge in [-0.25, -0.2) is 0 Å². The molecule has 0 saturated heterocycles. The lowest BCUT2D eigenvalue weighted by molar-refractivity contribution is 0.669. The fraction of sp³-hybridized carbons (Fsp3) is 0.0175. The fourth-order valence-electron chi connectivity index (χ4n) is 9.91. The molecular formula is C57H37NO. The standard InChI is InChI=1S/C57H37NO/c1-2-13-38(14-3-1)39-27-32-44(33-28-39)58(54-23-12-19-48-47-18-7-11-24-55(47)59-56(48)54)45-34-29-40(30-35-45)43-31-36-53-49(37-43)46-17-6-10-22-52(46)57(53)50-20-8-4-15-41(50)25-26-42-16-5-9-21-51(42)57/h1-37H. The average Bonchev–Trinajstić information content (AvgIpc) is 3.78. The van der Waals surface area contributed by atoms with Crippen molar-refractivity contribution in [2.24, 2.45) is 0 Å². The van der Waals surface area contributed by atoms with E-state index in [0.717, 1.165) is 39.0 Å². The van der Waals surface area contributed by atoms with Gasteiger partial charge < -0.3 is 9.32 Å². The van der Waals surface area contributed by atoms with Crippen LogP contribution in [0, 0.1) is 0 Å². The van der Waals surface area contributed by atoms with Crippen LogP contribution < -0.4 is 4.90 Å². The van der Waals surface area contributed by atoms with Gasteiger partial charge in [-0.2, -0.15) is 0 Å². The molecule has 2 heteroatoms. The van der Waals surface area contributed by atoms with Crippen molar-refractivity contribution in [2.45, 2.75) is 5.41 Å². The monoisotopic (exact) mass is 751 g/mol.